The molecule has 0 fully saturated rings. The fourth-order valence-electron chi connectivity index (χ4n) is 4.12. The van der Waals surface area contributed by atoms with Crippen molar-refractivity contribution in [3.05, 3.63) is 121 Å². The molecule has 0 atom stereocenters. The van der Waals surface area contributed by atoms with E-state index in [2.05, 4.69) is 97.1 Å². The van der Waals surface area contributed by atoms with Crippen LogP contribution in [-0.2, 0) is 0 Å². The zero-order valence-corrected chi connectivity index (χ0v) is 16.6. The molecule has 144 valence electrons. The van der Waals surface area contributed by atoms with Crippen molar-refractivity contribution < 1.29 is 0 Å². The van der Waals surface area contributed by atoms with E-state index in [4.69, 9.17) is 5.84 Å². The Labute approximate surface area is 176 Å². The van der Waals surface area contributed by atoms with Gasteiger partial charge in [0.2, 0.25) is 0 Å². The first-order valence-corrected chi connectivity index (χ1v) is 10.1. The lowest BCUT2D eigenvalue weighted by atomic mass is 9.91. The molecule has 2 heteroatoms. The molecule has 1 heterocycles. The summed E-state index contributed by atoms with van der Waals surface area (Å²) in [5.41, 5.74) is 8.81. The van der Waals surface area contributed by atoms with Gasteiger partial charge in [0.05, 0.1) is 11.4 Å². The number of hydrogen-bond acceptors (Lipinski definition) is 1. The summed E-state index contributed by atoms with van der Waals surface area (Å²) < 4.78 is 1.86. The van der Waals surface area contributed by atoms with Gasteiger partial charge in [0.1, 0.15) is 0 Å². The molecule has 30 heavy (non-hydrogen) atoms. The quantitative estimate of drug-likeness (QED) is 0.336. The van der Waals surface area contributed by atoms with Crippen molar-refractivity contribution in [3.63, 3.8) is 0 Å². The topological polar surface area (TPSA) is 30.9 Å². The predicted octanol–water partition coefficient (Wildman–Crippen LogP) is 6.87. The average molecular weight is 386 g/mol. The highest BCUT2D eigenvalue weighted by molar-refractivity contribution is 6.01. The Bertz CT molecular complexity index is 1160. The smallest absolute Gasteiger partial charge is 0.0782 e. The molecule has 0 aliphatic rings. The summed E-state index contributed by atoms with van der Waals surface area (Å²) in [5, 5.41) is 0. The zero-order chi connectivity index (χ0) is 20.3. The van der Waals surface area contributed by atoms with Crippen LogP contribution in [0.2, 0.25) is 0 Å². The van der Waals surface area contributed by atoms with E-state index in [0.717, 1.165) is 44.8 Å². The van der Waals surface area contributed by atoms with Crippen LogP contribution >= 0.6 is 0 Å². The highest BCUT2D eigenvalue weighted by Crippen LogP contribution is 2.47. The Hall–Kier alpha value is -4.04. The maximum Gasteiger partial charge on any atom is 0.0782 e. The van der Waals surface area contributed by atoms with Crippen molar-refractivity contribution in [1.29, 1.82) is 0 Å². The Balaban J connectivity index is 1.95. The van der Waals surface area contributed by atoms with Crippen LogP contribution in [-0.4, -0.2) is 4.68 Å². The van der Waals surface area contributed by atoms with Crippen molar-refractivity contribution in [2.75, 3.05) is 5.84 Å². The van der Waals surface area contributed by atoms with Crippen molar-refractivity contribution in [2.24, 2.45) is 0 Å². The predicted molar refractivity (Wildman–Crippen MR) is 126 cm³/mol. The number of rotatable bonds is 4. The van der Waals surface area contributed by atoms with Crippen LogP contribution < -0.4 is 5.84 Å². The normalized spacial score (nSPS) is 10.8. The SMILES string of the molecule is Nn1c(-c2ccccc2)c(-c2ccccc2)c(-c2ccccc2)c1-c1ccccc1. The molecule has 4 aromatic carbocycles. The summed E-state index contributed by atoms with van der Waals surface area (Å²) in [6.45, 7) is 0. The minimum absolute atomic E-state index is 1.01. The molecule has 0 aliphatic heterocycles. The van der Waals surface area contributed by atoms with Gasteiger partial charge < -0.3 is 5.84 Å². The second-order valence-corrected chi connectivity index (χ2v) is 7.28. The van der Waals surface area contributed by atoms with Crippen LogP contribution in [0.4, 0.5) is 0 Å². The van der Waals surface area contributed by atoms with E-state index < -0.39 is 0 Å². The number of nitrogen functional groups attached to an aromatic ring is 1. The number of hydrogen-bond donors (Lipinski definition) is 1. The number of aromatic nitrogens is 1. The first-order chi connectivity index (χ1) is 14.8. The molecule has 2 nitrogen and oxygen atoms in total. The van der Waals surface area contributed by atoms with Gasteiger partial charge in [0, 0.05) is 22.3 Å². The molecule has 2 N–H and O–H groups in total. The van der Waals surface area contributed by atoms with Crippen molar-refractivity contribution in [2.45, 2.75) is 0 Å². The van der Waals surface area contributed by atoms with E-state index in [1.807, 2.05) is 28.9 Å². The number of nitrogens with zero attached hydrogens (tertiary/aromatic N) is 1. The highest BCUT2D eigenvalue weighted by Gasteiger charge is 2.25. The largest absolute Gasteiger partial charge is 0.339 e. The third-order valence-electron chi connectivity index (χ3n) is 5.42. The van der Waals surface area contributed by atoms with Gasteiger partial charge in [-0.15, -0.1) is 0 Å². The Morgan fingerprint density at radius 1 is 0.367 bits per heavy atom. The van der Waals surface area contributed by atoms with Gasteiger partial charge in [-0.05, 0) is 11.1 Å². The van der Waals surface area contributed by atoms with Crippen LogP contribution in [0.3, 0.4) is 0 Å². The van der Waals surface area contributed by atoms with Gasteiger partial charge in [0.15, 0.2) is 0 Å². The summed E-state index contributed by atoms with van der Waals surface area (Å²) >= 11 is 0. The van der Waals surface area contributed by atoms with Crippen molar-refractivity contribution in [1.82, 2.24) is 4.68 Å². The summed E-state index contributed by atoms with van der Waals surface area (Å²) in [7, 11) is 0. The molecule has 0 radical (unpaired) electrons. The summed E-state index contributed by atoms with van der Waals surface area (Å²) in [5.74, 6) is 6.86. The minimum Gasteiger partial charge on any atom is -0.339 e. The third-order valence-corrected chi connectivity index (χ3v) is 5.42. The summed E-state index contributed by atoms with van der Waals surface area (Å²) in [4.78, 5) is 0. The molecule has 0 aliphatic carbocycles. The van der Waals surface area contributed by atoms with Gasteiger partial charge in [-0.2, -0.15) is 0 Å². The Morgan fingerprint density at radius 2 is 0.633 bits per heavy atom. The molecule has 0 saturated heterocycles. The maximum absolute atomic E-state index is 6.86. The van der Waals surface area contributed by atoms with Gasteiger partial charge >= 0.3 is 0 Å². The molecule has 1 aromatic heterocycles. The maximum atomic E-state index is 6.86. The molecule has 0 unspecified atom stereocenters. The standard InChI is InChI=1S/C28H22N2/c29-30-27(23-17-9-3-10-18-23)25(21-13-5-1-6-14-21)26(22-15-7-2-8-16-22)28(30)24-19-11-4-12-20-24/h1-20H,29H2. The fraction of sp³-hybridized carbons (Fsp3) is 0. The van der Waals surface area contributed by atoms with Gasteiger partial charge in [-0.1, -0.05) is 121 Å². The van der Waals surface area contributed by atoms with Crippen LogP contribution in [0, 0.1) is 0 Å². The molecule has 0 amide bonds. The first kappa shape index (κ1) is 18.0. The zero-order valence-electron chi connectivity index (χ0n) is 16.6. The lowest BCUT2D eigenvalue weighted by Gasteiger charge is -2.10. The van der Waals surface area contributed by atoms with Gasteiger partial charge in [0.25, 0.3) is 0 Å². The summed E-state index contributed by atoms with van der Waals surface area (Å²) in [6.07, 6.45) is 0. The Kier molecular flexibility index (Phi) is 4.66. The molecule has 5 aromatic rings. The van der Waals surface area contributed by atoms with E-state index >= 15 is 0 Å². The summed E-state index contributed by atoms with van der Waals surface area (Å²) in [6, 6.07) is 41.8. The fourth-order valence-corrected chi connectivity index (χ4v) is 4.12. The van der Waals surface area contributed by atoms with Crippen LogP contribution in [0.1, 0.15) is 0 Å². The minimum atomic E-state index is 1.01. The lowest BCUT2D eigenvalue weighted by Crippen LogP contribution is -2.11. The van der Waals surface area contributed by atoms with Gasteiger partial charge in [-0.25, -0.2) is 0 Å². The van der Waals surface area contributed by atoms with E-state index in [1.165, 1.54) is 0 Å². The highest BCUT2D eigenvalue weighted by atomic mass is 15.3. The van der Waals surface area contributed by atoms with Crippen LogP contribution in [0.25, 0.3) is 44.8 Å². The number of benzene rings is 4. The van der Waals surface area contributed by atoms with Gasteiger partial charge in [-0.3, -0.25) is 4.68 Å². The van der Waals surface area contributed by atoms with Crippen LogP contribution in [0.5, 0.6) is 0 Å². The monoisotopic (exact) mass is 386 g/mol. The molecule has 5 rings (SSSR count). The molecule has 0 spiro atoms. The molecule has 0 bridgehead atoms. The molecule has 0 saturated carbocycles. The van der Waals surface area contributed by atoms with Crippen LogP contribution in [0.15, 0.2) is 121 Å². The average Bonchev–Trinajstić information content (AvgIpc) is 3.14. The lowest BCUT2D eigenvalue weighted by molar-refractivity contribution is 1.04. The van der Waals surface area contributed by atoms with E-state index in [1.54, 1.807) is 0 Å². The van der Waals surface area contributed by atoms with Crippen molar-refractivity contribution in [3.8, 4) is 44.8 Å². The van der Waals surface area contributed by atoms with E-state index in [-0.39, 0.29) is 0 Å². The molecular weight excluding hydrogens is 364 g/mol. The van der Waals surface area contributed by atoms with Crippen molar-refractivity contribution >= 4 is 0 Å². The number of nitrogens with two attached hydrogens (primary N) is 1. The second-order valence-electron chi connectivity index (χ2n) is 7.28. The first-order valence-electron chi connectivity index (χ1n) is 10.1. The third kappa shape index (κ3) is 3.09. The Morgan fingerprint density at radius 3 is 0.933 bits per heavy atom. The van der Waals surface area contributed by atoms with E-state index in [9.17, 15) is 0 Å². The van der Waals surface area contributed by atoms with E-state index in [0.29, 0.717) is 0 Å². The second kappa shape index (κ2) is 7.76. The molecular formula is C28H22N2.